The molecule has 1 N–H and O–H groups in total. The Hall–Kier alpha value is -2.79. The summed E-state index contributed by atoms with van der Waals surface area (Å²) >= 11 is 0. The zero-order valence-corrected chi connectivity index (χ0v) is 10.2. The van der Waals surface area contributed by atoms with Gasteiger partial charge >= 0.3 is 0 Å². The molecule has 0 saturated heterocycles. The van der Waals surface area contributed by atoms with Crippen molar-refractivity contribution in [2.45, 2.75) is 0 Å². The molecule has 0 amide bonds. The number of hydrogen-bond acceptors (Lipinski definition) is 1. The molecule has 0 aliphatic carbocycles. The summed E-state index contributed by atoms with van der Waals surface area (Å²) in [6.07, 6.45) is 0. The minimum absolute atomic E-state index is 0.135. The van der Waals surface area contributed by atoms with Crippen LogP contribution in [0.5, 0.6) is 0 Å². The van der Waals surface area contributed by atoms with Gasteiger partial charge in [0.2, 0.25) is 5.56 Å². The van der Waals surface area contributed by atoms with E-state index < -0.39 is 0 Å². The second kappa shape index (κ2) is 4.83. The third kappa shape index (κ3) is 2.41. The van der Waals surface area contributed by atoms with Crippen LogP contribution in [0.4, 0.5) is 0 Å². The highest BCUT2D eigenvalue weighted by Gasteiger charge is 1.96. The van der Waals surface area contributed by atoms with Crippen LogP contribution in [0.25, 0.3) is 10.8 Å². The van der Waals surface area contributed by atoms with Gasteiger partial charge < -0.3 is 4.98 Å². The molecule has 1 heterocycles. The number of benzene rings is 2. The van der Waals surface area contributed by atoms with Crippen molar-refractivity contribution >= 4 is 10.8 Å². The number of aromatic nitrogens is 1. The van der Waals surface area contributed by atoms with Crippen LogP contribution in [0.1, 0.15) is 11.3 Å². The van der Waals surface area contributed by atoms with E-state index in [2.05, 4.69) is 29.0 Å². The Morgan fingerprint density at radius 1 is 0.789 bits per heavy atom. The van der Waals surface area contributed by atoms with Gasteiger partial charge in [-0.3, -0.25) is 4.79 Å². The topological polar surface area (TPSA) is 32.9 Å². The first-order chi connectivity index (χ1) is 9.33. The molecule has 1 aromatic heterocycles. The lowest BCUT2D eigenvalue weighted by atomic mass is 10.1. The van der Waals surface area contributed by atoms with E-state index in [1.807, 2.05) is 30.3 Å². The number of rotatable bonds is 0. The summed E-state index contributed by atoms with van der Waals surface area (Å²) in [4.78, 5) is 13.9. The molecule has 3 rings (SSSR count). The van der Waals surface area contributed by atoms with Crippen LogP contribution in [0.15, 0.2) is 65.5 Å². The molecule has 0 radical (unpaired) electrons. The molecule has 3 aromatic rings. The summed E-state index contributed by atoms with van der Waals surface area (Å²) < 4.78 is 0. The molecule has 2 heteroatoms. The van der Waals surface area contributed by atoms with Gasteiger partial charge in [0, 0.05) is 11.6 Å². The Morgan fingerprint density at radius 3 is 2.47 bits per heavy atom. The van der Waals surface area contributed by atoms with Crippen LogP contribution in [0.3, 0.4) is 0 Å². The van der Waals surface area contributed by atoms with E-state index in [9.17, 15) is 4.79 Å². The van der Waals surface area contributed by atoms with E-state index >= 15 is 0 Å². The number of hydrogen-bond donors (Lipinski definition) is 1. The lowest BCUT2D eigenvalue weighted by Gasteiger charge is -1.99. The zero-order chi connectivity index (χ0) is 13.1. The van der Waals surface area contributed by atoms with Crippen LogP contribution >= 0.6 is 0 Å². The van der Waals surface area contributed by atoms with Crippen molar-refractivity contribution < 1.29 is 0 Å². The molecule has 2 nitrogen and oxygen atoms in total. The van der Waals surface area contributed by atoms with Crippen molar-refractivity contribution in [3.05, 3.63) is 82.3 Å². The van der Waals surface area contributed by atoms with Gasteiger partial charge in [0.1, 0.15) is 0 Å². The molecule has 0 spiro atoms. The summed E-state index contributed by atoms with van der Waals surface area (Å²) in [6, 6.07) is 19.1. The lowest BCUT2D eigenvalue weighted by Crippen LogP contribution is -2.03. The third-order valence-corrected chi connectivity index (χ3v) is 2.89. The second-order valence-corrected chi connectivity index (χ2v) is 4.21. The van der Waals surface area contributed by atoms with Crippen LogP contribution < -0.4 is 5.56 Å². The fourth-order valence-electron chi connectivity index (χ4n) is 1.99. The van der Waals surface area contributed by atoms with E-state index in [-0.39, 0.29) is 5.56 Å². The minimum Gasteiger partial charge on any atom is -0.315 e. The quantitative estimate of drug-likeness (QED) is 0.607. The molecule has 0 bridgehead atoms. The Balaban J connectivity index is 2.10. The summed E-state index contributed by atoms with van der Waals surface area (Å²) in [5.74, 6) is 6.10. The highest BCUT2D eigenvalue weighted by molar-refractivity contribution is 5.88. The number of H-pyrrole nitrogens is 1. The predicted octanol–water partition coefficient (Wildman–Crippen LogP) is 2.93. The molecule has 0 aliphatic heterocycles. The van der Waals surface area contributed by atoms with Gasteiger partial charge in [-0.25, -0.2) is 0 Å². The van der Waals surface area contributed by atoms with Crippen LogP contribution in [-0.4, -0.2) is 4.98 Å². The number of fused-ring (bicyclic) bond motifs is 1. The molecular formula is C17H11NO. The molecular weight excluding hydrogens is 234 g/mol. The smallest absolute Gasteiger partial charge is 0.248 e. The molecule has 2 aromatic carbocycles. The monoisotopic (exact) mass is 245 g/mol. The van der Waals surface area contributed by atoms with E-state index in [1.165, 1.54) is 6.07 Å². The molecule has 0 atom stereocenters. The van der Waals surface area contributed by atoms with E-state index in [4.69, 9.17) is 0 Å². The van der Waals surface area contributed by atoms with Crippen molar-refractivity contribution in [3.63, 3.8) is 0 Å². The maximum absolute atomic E-state index is 11.2. The maximum Gasteiger partial charge on any atom is 0.248 e. The van der Waals surface area contributed by atoms with Gasteiger partial charge in [-0.15, -0.1) is 0 Å². The summed E-state index contributed by atoms with van der Waals surface area (Å²) in [7, 11) is 0. The highest BCUT2D eigenvalue weighted by Crippen LogP contribution is 2.17. The van der Waals surface area contributed by atoms with E-state index in [0.717, 1.165) is 16.3 Å². The third-order valence-electron chi connectivity index (χ3n) is 2.89. The highest BCUT2D eigenvalue weighted by atomic mass is 16.1. The van der Waals surface area contributed by atoms with Crippen molar-refractivity contribution in [2.75, 3.05) is 0 Å². The van der Waals surface area contributed by atoms with E-state index in [1.54, 1.807) is 12.1 Å². The Morgan fingerprint density at radius 2 is 1.58 bits per heavy atom. The predicted molar refractivity (Wildman–Crippen MR) is 77.0 cm³/mol. The van der Waals surface area contributed by atoms with Gasteiger partial charge in [-0.2, -0.15) is 0 Å². The van der Waals surface area contributed by atoms with Crippen molar-refractivity contribution in [1.82, 2.24) is 4.98 Å². The van der Waals surface area contributed by atoms with Crippen molar-refractivity contribution in [3.8, 4) is 11.8 Å². The SMILES string of the molecule is O=c1cccc(C#Cc2cccc3ccccc23)[nH]1. The molecule has 0 fully saturated rings. The van der Waals surface area contributed by atoms with Crippen LogP contribution in [-0.2, 0) is 0 Å². The maximum atomic E-state index is 11.2. The lowest BCUT2D eigenvalue weighted by molar-refractivity contribution is 1.21. The molecule has 19 heavy (non-hydrogen) atoms. The summed E-state index contributed by atoms with van der Waals surface area (Å²) in [5, 5.41) is 2.28. The van der Waals surface area contributed by atoms with Gasteiger partial charge in [0.05, 0.1) is 5.69 Å². The zero-order valence-electron chi connectivity index (χ0n) is 10.2. The number of pyridine rings is 1. The summed E-state index contributed by atoms with van der Waals surface area (Å²) in [5.41, 5.74) is 1.45. The average molecular weight is 245 g/mol. The van der Waals surface area contributed by atoms with Gasteiger partial charge in [0.25, 0.3) is 0 Å². The average Bonchev–Trinajstić information content (AvgIpc) is 2.45. The molecule has 90 valence electrons. The summed E-state index contributed by atoms with van der Waals surface area (Å²) in [6.45, 7) is 0. The second-order valence-electron chi connectivity index (χ2n) is 4.21. The van der Waals surface area contributed by atoms with E-state index in [0.29, 0.717) is 5.69 Å². The van der Waals surface area contributed by atoms with Gasteiger partial charge in [0.15, 0.2) is 0 Å². The Kier molecular flexibility index (Phi) is 2.88. The first-order valence-corrected chi connectivity index (χ1v) is 6.02. The molecule has 0 unspecified atom stereocenters. The Labute approximate surface area is 110 Å². The van der Waals surface area contributed by atoms with Gasteiger partial charge in [-0.05, 0) is 28.8 Å². The Bertz CT molecular complexity index is 845. The largest absolute Gasteiger partial charge is 0.315 e. The van der Waals surface area contributed by atoms with Gasteiger partial charge in [-0.1, -0.05) is 48.4 Å². The number of nitrogens with one attached hydrogen (secondary N) is 1. The van der Waals surface area contributed by atoms with Crippen LogP contribution in [0.2, 0.25) is 0 Å². The van der Waals surface area contributed by atoms with Crippen molar-refractivity contribution in [2.24, 2.45) is 0 Å². The minimum atomic E-state index is -0.135. The van der Waals surface area contributed by atoms with Crippen molar-refractivity contribution in [1.29, 1.82) is 0 Å². The standard InChI is InChI=1S/C17H11NO/c19-17-10-4-8-15(18-17)12-11-14-7-3-6-13-5-1-2-9-16(13)14/h1-10H,(H,18,19). The fraction of sp³-hybridized carbons (Fsp3) is 0. The fourth-order valence-corrected chi connectivity index (χ4v) is 1.99. The molecule has 0 saturated carbocycles. The van der Waals surface area contributed by atoms with Crippen LogP contribution in [0, 0.1) is 11.8 Å². The molecule has 0 aliphatic rings. The first kappa shape index (κ1) is 11.3. The first-order valence-electron chi connectivity index (χ1n) is 6.02. The normalized spacial score (nSPS) is 9.89. The number of aromatic amines is 1.